The van der Waals surface area contributed by atoms with Gasteiger partial charge in [0.1, 0.15) is 16.9 Å². The maximum absolute atomic E-state index is 13.2. The maximum atomic E-state index is 13.2. The number of nitrogens with one attached hydrogen (secondary N) is 2. The molecule has 10 rings (SSSR count). The van der Waals surface area contributed by atoms with Crippen molar-refractivity contribution in [1.82, 2.24) is 40.6 Å². The number of nitrogens with zero attached hydrogens (tertiary/aromatic N) is 8. The molecule has 3 unspecified atom stereocenters. The van der Waals surface area contributed by atoms with Crippen molar-refractivity contribution >= 4 is 52.9 Å². The predicted octanol–water partition coefficient (Wildman–Crippen LogP) is 4.32. The second-order valence-electron chi connectivity index (χ2n) is 18.0. The van der Waals surface area contributed by atoms with Crippen molar-refractivity contribution in [3.63, 3.8) is 0 Å². The number of nitrogens with two attached hydrogens (primary N) is 1. The molecule has 5 aromatic rings. The fourth-order valence-electron chi connectivity index (χ4n) is 10.1. The van der Waals surface area contributed by atoms with Crippen LogP contribution in [0, 0.1) is 5.92 Å². The Morgan fingerprint density at radius 2 is 1.65 bits per heavy atom. The molecule has 5 aliphatic rings. The summed E-state index contributed by atoms with van der Waals surface area (Å²) in [4.78, 5) is 81.8. The number of piperidine rings is 2. The first-order valence-corrected chi connectivity index (χ1v) is 23.5. The SMILES string of the molecule is CC1CCN(c2cnc(Sc3cccc(C4c5ccc(C(N)=O)cc5CC4N4CCN(c5ccc(C(=O)NCc6ccc7c(c6)CN(C6CCC(=O)NC6=O)C7=O)nn5)CC4)c3)cn2)CC1. The van der Waals surface area contributed by atoms with E-state index in [2.05, 4.69) is 72.8 Å². The first kappa shape index (κ1) is 43.2. The second kappa shape index (κ2) is 18.3. The Kier molecular flexibility index (Phi) is 12.0. The number of piperazine rings is 1. The van der Waals surface area contributed by atoms with Crippen LogP contribution in [0.2, 0.25) is 0 Å². The van der Waals surface area contributed by atoms with Gasteiger partial charge in [-0.2, -0.15) is 0 Å². The topological polar surface area (TPSA) is 200 Å². The molecule has 3 saturated heterocycles. The smallest absolute Gasteiger partial charge is 0.272 e. The molecule has 338 valence electrons. The lowest BCUT2D eigenvalue weighted by atomic mass is 9.89. The third-order valence-electron chi connectivity index (χ3n) is 13.8. The number of carbonyl (C=O) groups is 5. The number of imide groups is 1. The molecule has 0 saturated carbocycles. The van der Waals surface area contributed by atoms with E-state index in [1.54, 1.807) is 30.0 Å². The van der Waals surface area contributed by atoms with Gasteiger partial charge in [-0.15, -0.1) is 10.2 Å². The summed E-state index contributed by atoms with van der Waals surface area (Å²) in [6.07, 6.45) is 7.39. The van der Waals surface area contributed by atoms with Crippen LogP contribution < -0.4 is 26.2 Å². The Bertz CT molecular complexity index is 2700. The lowest BCUT2D eigenvalue weighted by Crippen LogP contribution is -2.52. The molecule has 3 aromatic carbocycles. The number of hydrogen-bond acceptors (Lipinski definition) is 13. The summed E-state index contributed by atoms with van der Waals surface area (Å²) < 4.78 is 0. The minimum atomic E-state index is -0.689. The zero-order chi connectivity index (χ0) is 45.5. The van der Waals surface area contributed by atoms with Crippen molar-refractivity contribution in [3.05, 3.63) is 130 Å². The summed E-state index contributed by atoms with van der Waals surface area (Å²) in [6.45, 7) is 7.80. The van der Waals surface area contributed by atoms with Crippen LogP contribution in [0.1, 0.15) is 97.5 Å². The molecular formula is C49H51N11O5S. The Morgan fingerprint density at radius 3 is 2.39 bits per heavy atom. The van der Waals surface area contributed by atoms with Gasteiger partial charge in [0.05, 0.1) is 12.4 Å². The number of carbonyl (C=O) groups excluding carboxylic acids is 5. The molecule has 3 fully saturated rings. The summed E-state index contributed by atoms with van der Waals surface area (Å²) in [7, 11) is 0. The van der Waals surface area contributed by atoms with E-state index in [0.29, 0.717) is 23.4 Å². The van der Waals surface area contributed by atoms with E-state index in [1.165, 1.54) is 28.9 Å². The average molecular weight is 906 g/mol. The first-order valence-electron chi connectivity index (χ1n) is 22.7. The van der Waals surface area contributed by atoms with Gasteiger partial charge in [-0.25, -0.2) is 9.97 Å². The highest BCUT2D eigenvalue weighted by atomic mass is 32.2. The summed E-state index contributed by atoms with van der Waals surface area (Å²) in [5, 5.41) is 14.8. The van der Waals surface area contributed by atoms with Crippen LogP contribution in [0.15, 0.2) is 95.1 Å². The number of anilines is 2. The third kappa shape index (κ3) is 8.84. The van der Waals surface area contributed by atoms with Crippen LogP contribution in [0.5, 0.6) is 0 Å². The number of aromatic nitrogens is 4. The summed E-state index contributed by atoms with van der Waals surface area (Å²) in [6, 6.07) is 22.9. The van der Waals surface area contributed by atoms with Gasteiger partial charge in [0, 0.05) is 86.8 Å². The van der Waals surface area contributed by atoms with Gasteiger partial charge in [0.25, 0.3) is 11.8 Å². The van der Waals surface area contributed by atoms with E-state index in [0.717, 1.165) is 84.0 Å². The van der Waals surface area contributed by atoms with Gasteiger partial charge in [0.15, 0.2) is 11.5 Å². The molecule has 0 radical (unpaired) electrons. The van der Waals surface area contributed by atoms with Gasteiger partial charge >= 0.3 is 0 Å². The Morgan fingerprint density at radius 1 is 0.833 bits per heavy atom. The quantitative estimate of drug-likeness (QED) is 0.159. The van der Waals surface area contributed by atoms with E-state index < -0.39 is 17.9 Å². The van der Waals surface area contributed by atoms with E-state index in [-0.39, 0.29) is 54.9 Å². The molecule has 0 spiro atoms. The highest BCUT2D eigenvalue weighted by Crippen LogP contribution is 2.43. The van der Waals surface area contributed by atoms with E-state index in [9.17, 15) is 24.0 Å². The molecule has 0 bridgehead atoms. The molecule has 4 N–H and O–H groups in total. The minimum absolute atomic E-state index is 0.0772. The van der Waals surface area contributed by atoms with E-state index in [4.69, 9.17) is 15.7 Å². The molecule has 6 heterocycles. The van der Waals surface area contributed by atoms with E-state index in [1.807, 2.05) is 36.7 Å². The monoisotopic (exact) mass is 905 g/mol. The number of primary amides is 1. The first-order chi connectivity index (χ1) is 32.0. The fourth-order valence-corrected chi connectivity index (χ4v) is 10.9. The van der Waals surface area contributed by atoms with Crippen molar-refractivity contribution < 1.29 is 24.0 Å². The van der Waals surface area contributed by atoms with E-state index >= 15 is 0 Å². The fraction of sp³-hybridized carbons (Fsp3) is 0.367. The molecule has 4 aliphatic heterocycles. The standard InChI is InChI=1S/C49H51N11O5S/c1-29-13-15-58(16-14-29)42-26-52-44(27-51-42)66-35-4-2-3-31(23-35)45-36-8-6-32(46(50)62)22-33(36)24-40(45)57-17-19-59(20-18-57)41-11-9-38(55-56-41)47(63)53-25-30-5-7-37-34(21-30)28-60(49(37)65)39-10-12-43(61)54-48(39)64/h2-9,11,21-23,26-27,29,39-40,45H,10,12-20,24-25,28H2,1H3,(H2,50,62)(H,53,63)(H,54,61,64). The van der Waals surface area contributed by atoms with Crippen molar-refractivity contribution in [3.8, 4) is 0 Å². The van der Waals surface area contributed by atoms with Crippen molar-refractivity contribution in [2.45, 2.75) is 80.0 Å². The van der Waals surface area contributed by atoms with Gasteiger partial charge in [-0.3, -0.25) is 34.2 Å². The number of fused-ring (bicyclic) bond motifs is 2. The van der Waals surface area contributed by atoms with Crippen molar-refractivity contribution in [1.29, 1.82) is 0 Å². The Labute approximate surface area is 386 Å². The van der Waals surface area contributed by atoms with Crippen LogP contribution in [0.25, 0.3) is 0 Å². The number of hydrogen-bond donors (Lipinski definition) is 3. The van der Waals surface area contributed by atoms with Crippen LogP contribution >= 0.6 is 11.8 Å². The minimum Gasteiger partial charge on any atom is -0.366 e. The second-order valence-corrected chi connectivity index (χ2v) is 19.1. The highest BCUT2D eigenvalue weighted by Gasteiger charge is 2.40. The average Bonchev–Trinajstić information content (AvgIpc) is 3.88. The lowest BCUT2D eigenvalue weighted by Gasteiger charge is -2.40. The highest BCUT2D eigenvalue weighted by molar-refractivity contribution is 7.99. The van der Waals surface area contributed by atoms with Crippen LogP contribution in [-0.2, 0) is 29.1 Å². The number of amides is 5. The van der Waals surface area contributed by atoms with Crippen LogP contribution in [0.4, 0.5) is 11.6 Å². The largest absolute Gasteiger partial charge is 0.366 e. The summed E-state index contributed by atoms with van der Waals surface area (Å²) in [5.74, 6) is 0.619. The third-order valence-corrected chi connectivity index (χ3v) is 14.7. The number of rotatable bonds is 11. The summed E-state index contributed by atoms with van der Waals surface area (Å²) in [5.41, 5.74) is 12.1. The Hall–Kier alpha value is -6.72. The molecular weight excluding hydrogens is 855 g/mol. The van der Waals surface area contributed by atoms with Gasteiger partial charge in [-0.1, -0.05) is 49.0 Å². The molecule has 3 atom stereocenters. The molecule has 66 heavy (non-hydrogen) atoms. The lowest BCUT2D eigenvalue weighted by molar-refractivity contribution is -0.136. The number of benzene rings is 3. The molecule has 5 amide bonds. The molecule has 16 nitrogen and oxygen atoms in total. The molecule has 1 aliphatic carbocycles. The van der Waals surface area contributed by atoms with Crippen LogP contribution in [0.3, 0.4) is 0 Å². The zero-order valence-electron chi connectivity index (χ0n) is 36.7. The molecule has 17 heteroatoms. The van der Waals surface area contributed by atoms with Gasteiger partial charge in [-0.05, 0) is 102 Å². The van der Waals surface area contributed by atoms with Crippen LogP contribution in [-0.4, -0.2) is 111 Å². The van der Waals surface area contributed by atoms with Crippen molar-refractivity contribution in [2.75, 3.05) is 49.1 Å². The predicted molar refractivity (Wildman–Crippen MR) is 247 cm³/mol. The van der Waals surface area contributed by atoms with Crippen molar-refractivity contribution in [2.24, 2.45) is 11.7 Å². The summed E-state index contributed by atoms with van der Waals surface area (Å²) >= 11 is 1.61. The maximum Gasteiger partial charge on any atom is 0.272 e. The normalized spacial score (nSPS) is 21.1. The Balaban J connectivity index is 0.768. The molecule has 2 aromatic heterocycles. The van der Waals surface area contributed by atoms with Gasteiger partial charge < -0.3 is 25.8 Å². The van der Waals surface area contributed by atoms with Gasteiger partial charge in [0.2, 0.25) is 17.7 Å². The zero-order valence-corrected chi connectivity index (χ0v) is 37.5.